The number of hydrogen-bond acceptors (Lipinski definition) is 6. The van der Waals surface area contributed by atoms with E-state index in [0.717, 1.165) is 0 Å². The molecule has 0 bridgehead atoms. The monoisotopic (exact) mass is 455 g/mol. The molecule has 0 amide bonds. The van der Waals surface area contributed by atoms with E-state index in [2.05, 4.69) is 10.4 Å². The van der Waals surface area contributed by atoms with Gasteiger partial charge in [-0.15, -0.1) is 0 Å². The number of allylic oxidation sites excluding steroid dienone is 2. The molecule has 1 aliphatic heterocycles. The van der Waals surface area contributed by atoms with Crippen molar-refractivity contribution in [3.8, 4) is 5.69 Å². The predicted octanol–water partition coefficient (Wildman–Crippen LogP) is 4.46. The van der Waals surface area contributed by atoms with Crippen LogP contribution in [0.1, 0.15) is 58.7 Å². The van der Waals surface area contributed by atoms with Gasteiger partial charge in [-0.25, -0.2) is 18.7 Å². The Morgan fingerprint density at radius 3 is 1.88 bits per heavy atom. The van der Waals surface area contributed by atoms with Crippen LogP contribution in [-0.2, 0) is 19.1 Å². The molecule has 1 N–H and O–H groups in total. The zero-order chi connectivity index (χ0) is 24.4. The topological polar surface area (TPSA) is 82.5 Å². The molecule has 176 valence electrons. The van der Waals surface area contributed by atoms with Crippen molar-refractivity contribution in [1.82, 2.24) is 15.1 Å². The molecule has 0 radical (unpaired) electrons. The van der Waals surface area contributed by atoms with Crippen molar-refractivity contribution in [2.24, 2.45) is 0 Å². The van der Waals surface area contributed by atoms with Crippen LogP contribution in [0.2, 0.25) is 0 Å². The number of carbonyl (C=O) groups excluding carboxylic acids is 2. The van der Waals surface area contributed by atoms with Gasteiger partial charge in [0.25, 0.3) is 0 Å². The number of nitrogens with zero attached hydrogens (tertiary/aromatic N) is 2. The number of benzene rings is 1. The Morgan fingerprint density at radius 1 is 0.939 bits per heavy atom. The average Bonchev–Trinajstić information content (AvgIpc) is 3.07. The third kappa shape index (κ3) is 4.99. The Balaban J connectivity index is 2.18. The van der Waals surface area contributed by atoms with Gasteiger partial charge in [-0.3, -0.25) is 0 Å². The molecular formula is C25H30FN3O4. The fourth-order valence-corrected chi connectivity index (χ4v) is 3.95. The van der Waals surface area contributed by atoms with Gasteiger partial charge in [-0.1, -0.05) is 0 Å². The molecule has 0 spiro atoms. The van der Waals surface area contributed by atoms with E-state index in [4.69, 9.17) is 9.47 Å². The summed E-state index contributed by atoms with van der Waals surface area (Å²) < 4.78 is 26.1. The van der Waals surface area contributed by atoms with Gasteiger partial charge in [-0.05, 0) is 72.7 Å². The minimum atomic E-state index is -0.738. The van der Waals surface area contributed by atoms with Crippen molar-refractivity contribution in [3.05, 3.63) is 70.1 Å². The third-order valence-electron chi connectivity index (χ3n) is 5.32. The lowest BCUT2D eigenvalue weighted by Gasteiger charge is -2.31. The minimum Gasteiger partial charge on any atom is -0.460 e. The summed E-state index contributed by atoms with van der Waals surface area (Å²) in [5, 5.41) is 7.62. The smallest absolute Gasteiger partial charge is 0.337 e. The van der Waals surface area contributed by atoms with Gasteiger partial charge in [0.1, 0.15) is 5.82 Å². The predicted molar refractivity (Wildman–Crippen MR) is 122 cm³/mol. The van der Waals surface area contributed by atoms with Crippen molar-refractivity contribution in [2.45, 2.75) is 66.6 Å². The highest BCUT2D eigenvalue weighted by Gasteiger charge is 2.40. The maximum absolute atomic E-state index is 13.4. The van der Waals surface area contributed by atoms with Crippen LogP contribution in [0.4, 0.5) is 4.39 Å². The van der Waals surface area contributed by atoms with Crippen molar-refractivity contribution in [3.63, 3.8) is 0 Å². The van der Waals surface area contributed by atoms with Gasteiger partial charge in [0.05, 0.1) is 41.2 Å². The third-order valence-corrected chi connectivity index (χ3v) is 5.32. The first kappa shape index (κ1) is 24.2. The highest BCUT2D eigenvalue weighted by Crippen LogP contribution is 2.41. The fraction of sp³-hybridized carbons (Fsp3) is 0.400. The Kier molecular flexibility index (Phi) is 7.05. The highest BCUT2D eigenvalue weighted by atomic mass is 19.1. The summed E-state index contributed by atoms with van der Waals surface area (Å²) in [5.74, 6) is -2.12. The molecule has 0 atom stereocenters. The summed E-state index contributed by atoms with van der Waals surface area (Å²) in [4.78, 5) is 26.3. The van der Waals surface area contributed by atoms with E-state index < -0.39 is 17.9 Å². The molecule has 8 heteroatoms. The number of esters is 2. The Hall–Kier alpha value is -3.42. The van der Waals surface area contributed by atoms with Gasteiger partial charge in [0.2, 0.25) is 0 Å². The van der Waals surface area contributed by atoms with Crippen molar-refractivity contribution in [2.75, 3.05) is 0 Å². The number of rotatable bonds is 6. The quantitative estimate of drug-likeness (QED) is 0.648. The first-order chi connectivity index (χ1) is 15.5. The molecule has 1 aromatic heterocycles. The zero-order valence-corrected chi connectivity index (χ0v) is 20.0. The largest absolute Gasteiger partial charge is 0.460 e. The van der Waals surface area contributed by atoms with Crippen LogP contribution >= 0.6 is 0 Å². The molecule has 0 aliphatic carbocycles. The van der Waals surface area contributed by atoms with E-state index in [1.54, 1.807) is 64.6 Å². The van der Waals surface area contributed by atoms with E-state index >= 15 is 0 Å². The number of carbonyl (C=O) groups is 2. The van der Waals surface area contributed by atoms with Crippen LogP contribution in [0.25, 0.3) is 5.69 Å². The van der Waals surface area contributed by atoms with Gasteiger partial charge < -0.3 is 14.8 Å². The van der Waals surface area contributed by atoms with E-state index in [0.29, 0.717) is 39.5 Å². The van der Waals surface area contributed by atoms with Gasteiger partial charge in [0.15, 0.2) is 0 Å². The summed E-state index contributed by atoms with van der Waals surface area (Å²) in [6.07, 6.45) is 0.958. The second-order valence-corrected chi connectivity index (χ2v) is 8.62. The van der Waals surface area contributed by atoms with Gasteiger partial charge in [-0.2, -0.15) is 5.10 Å². The van der Waals surface area contributed by atoms with E-state index in [1.807, 2.05) is 6.92 Å². The number of aromatic nitrogens is 2. The molecule has 1 aliphatic rings. The van der Waals surface area contributed by atoms with Crippen LogP contribution in [0, 0.1) is 12.7 Å². The number of ether oxygens (including phenoxy) is 2. The molecule has 7 nitrogen and oxygen atoms in total. The molecule has 0 fully saturated rings. The van der Waals surface area contributed by atoms with Crippen LogP contribution in [0.3, 0.4) is 0 Å². The van der Waals surface area contributed by atoms with Crippen molar-refractivity contribution in [1.29, 1.82) is 0 Å². The van der Waals surface area contributed by atoms with Crippen molar-refractivity contribution >= 4 is 11.9 Å². The number of halogens is 1. The summed E-state index contributed by atoms with van der Waals surface area (Å²) in [7, 11) is 0. The van der Waals surface area contributed by atoms with Crippen LogP contribution in [-0.4, -0.2) is 33.9 Å². The molecule has 2 heterocycles. The lowest BCUT2D eigenvalue weighted by molar-refractivity contribution is -0.143. The Bertz CT molecular complexity index is 1080. The molecule has 0 unspecified atom stereocenters. The minimum absolute atomic E-state index is 0.326. The number of nitrogens with one attached hydrogen (secondary N) is 1. The lowest BCUT2D eigenvalue weighted by atomic mass is 9.80. The molecule has 1 aromatic carbocycles. The Morgan fingerprint density at radius 2 is 1.42 bits per heavy atom. The second-order valence-electron chi connectivity index (χ2n) is 8.62. The maximum Gasteiger partial charge on any atom is 0.337 e. The van der Waals surface area contributed by atoms with Crippen LogP contribution in [0.15, 0.2) is 53.0 Å². The van der Waals surface area contributed by atoms with E-state index in [9.17, 15) is 14.0 Å². The first-order valence-electron chi connectivity index (χ1n) is 10.9. The standard InChI is InChI=1S/C25H30FN3O4/c1-13(2)32-24(30)21-15(5)28-16(6)22(25(31)33-14(3)4)23(21)20-12-27-29(17(20)7)19-10-8-18(26)9-11-19/h8-14,23,28H,1-7H3. The van der Waals surface area contributed by atoms with Crippen LogP contribution < -0.4 is 5.32 Å². The summed E-state index contributed by atoms with van der Waals surface area (Å²) in [6.45, 7) is 12.5. The molecular weight excluding hydrogens is 425 g/mol. The highest BCUT2D eigenvalue weighted by molar-refractivity contribution is 6.00. The van der Waals surface area contributed by atoms with E-state index in [-0.39, 0.29) is 18.0 Å². The maximum atomic E-state index is 13.4. The Labute approximate surface area is 193 Å². The first-order valence-corrected chi connectivity index (χ1v) is 10.9. The van der Waals surface area contributed by atoms with Crippen LogP contribution in [0.5, 0.6) is 0 Å². The normalized spacial score (nSPS) is 14.7. The van der Waals surface area contributed by atoms with Crippen molar-refractivity contribution < 1.29 is 23.5 Å². The number of hydrogen-bond donors (Lipinski definition) is 1. The summed E-state index contributed by atoms with van der Waals surface area (Å²) >= 11 is 0. The molecule has 3 rings (SSSR count). The lowest BCUT2D eigenvalue weighted by Crippen LogP contribution is -2.33. The number of dihydropyridines is 1. The average molecular weight is 456 g/mol. The molecule has 2 aromatic rings. The summed E-state index contributed by atoms with van der Waals surface area (Å²) in [6, 6.07) is 5.94. The van der Waals surface area contributed by atoms with E-state index in [1.165, 1.54) is 12.1 Å². The second kappa shape index (κ2) is 9.60. The molecule has 0 saturated carbocycles. The zero-order valence-electron chi connectivity index (χ0n) is 20.0. The molecule has 0 saturated heterocycles. The van der Waals surface area contributed by atoms with Gasteiger partial charge in [0, 0.05) is 22.7 Å². The SMILES string of the molecule is CC1=C(C(=O)OC(C)C)C(c2cnn(-c3ccc(F)cc3)c2C)C(C(=O)OC(C)C)=C(C)N1. The molecule has 33 heavy (non-hydrogen) atoms. The fourth-order valence-electron chi connectivity index (χ4n) is 3.95. The summed E-state index contributed by atoms with van der Waals surface area (Å²) in [5.41, 5.74) is 3.87. The van der Waals surface area contributed by atoms with Gasteiger partial charge >= 0.3 is 11.9 Å².